The van der Waals surface area contributed by atoms with Crippen LogP contribution >= 0.6 is 0 Å². The molecule has 0 amide bonds. The average Bonchev–Trinajstić information content (AvgIpc) is 2.86. The second-order valence-corrected chi connectivity index (χ2v) is 8.25. The number of piperidine rings is 1. The number of nitrogens with zero attached hydrogens (tertiary/aromatic N) is 1. The first-order valence-electron chi connectivity index (χ1n) is 10.1. The summed E-state index contributed by atoms with van der Waals surface area (Å²) in [5, 5.41) is 7.42. The van der Waals surface area contributed by atoms with Crippen LogP contribution in [0, 0.1) is 11.8 Å². The van der Waals surface area contributed by atoms with Crippen LogP contribution in [0.3, 0.4) is 0 Å². The normalized spacial score (nSPS) is 33.3. The van der Waals surface area contributed by atoms with Crippen LogP contribution in [0.25, 0.3) is 0 Å². The van der Waals surface area contributed by atoms with Gasteiger partial charge in [-0.25, -0.2) is 0 Å². The van der Waals surface area contributed by atoms with Crippen LogP contribution < -0.4 is 10.6 Å². The molecule has 2 N–H and O–H groups in total. The van der Waals surface area contributed by atoms with E-state index in [4.69, 9.17) is 4.99 Å². The highest BCUT2D eigenvalue weighted by molar-refractivity contribution is 5.90. The molecule has 2 aliphatic heterocycles. The Balaban J connectivity index is 1.56. The van der Waals surface area contributed by atoms with Crippen molar-refractivity contribution in [1.29, 1.82) is 0 Å². The van der Waals surface area contributed by atoms with Crippen molar-refractivity contribution in [2.45, 2.75) is 83.1 Å². The Morgan fingerprint density at radius 1 is 1.13 bits per heavy atom. The van der Waals surface area contributed by atoms with E-state index in [0.717, 1.165) is 19.0 Å². The minimum Gasteiger partial charge on any atom is -0.345 e. The molecule has 23 heavy (non-hydrogen) atoms. The molecule has 2 unspecified atom stereocenters. The van der Waals surface area contributed by atoms with Crippen molar-refractivity contribution in [1.82, 2.24) is 10.6 Å². The lowest BCUT2D eigenvalue weighted by atomic mass is 9.79. The lowest BCUT2D eigenvalue weighted by Gasteiger charge is -2.35. The Morgan fingerprint density at radius 2 is 1.96 bits per heavy atom. The van der Waals surface area contributed by atoms with E-state index in [1.54, 1.807) is 5.57 Å². The zero-order valence-electron chi connectivity index (χ0n) is 14.8. The van der Waals surface area contributed by atoms with Crippen LogP contribution in [0.2, 0.25) is 0 Å². The Morgan fingerprint density at radius 3 is 2.65 bits per heavy atom. The SMILES string of the molecule is CCCC1CCCC(C2=NC3(CCNCC3)C(=C3CCC3)N2)C1. The highest BCUT2D eigenvalue weighted by Gasteiger charge is 2.44. The van der Waals surface area contributed by atoms with Gasteiger partial charge in [-0.05, 0) is 69.5 Å². The molecule has 0 bridgehead atoms. The summed E-state index contributed by atoms with van der Waals surface area (Å²) in [6.07, 6.45) is 14.7. The third kappa shape index (κ3) is 2.97. The average molecular weight is 316 g/mol. The summed E-state index contributed by atoms with van der Waals surface area (Å²) in [7, 11) is 0. The zero-order chi connectivity index (χ0) is 15.7. The van der Waals surface area contributed by atoms with Gasteiger partial charge in [-0.1, -0.05) is 32.6 Å². The standard InChI is InChI=1S/C20H33N3/c1-2-5-15-6-3-9-17(14-15)19-22-18(16-7-4-8-16)20(23-19)10-12-21-13-11-20/h15,17,21H,2-14H2,1H3,(H,22,23). The van der Waals surface area contributed by atoms with Crippen LogP contribution in [0.5, 0.6) is 0 Å². The molecule has 0 aromatic carbocycles. The second-order valence-electron chi connectivity index (χ2n) is 8.25. The van der Waals surface area contributed by atoms with E-state index in [-0.39, 0.29) is 5.54 Å². The maximum atomic E-state index is 5.39. The highest BCUT2D eigenvalue weighted by atomic mass is 15.2. The fraction of sp³-hybridized carbons (Fsp3) is 0.850. The van der Waals surface area contributed by atoms with Gasteiger partial charge in [0.2, 0.25) is 0 Å². The molecule has 3 nitrogen and oxygen atoms in total. The molecule has 4 rings (SSSR count). The molecule has 2 saturated carbocycles. The smallest absolute Gasteiger partial charge is 0.105 e. The summed E-state index contributed by atoms with van der Waals surface area (Å²) in [4.78, 5) is 5.39. The van der Waals surface area contributed by atoms with Gasteiger partial charge in [0, 0.05) is 11.6 Å². The number of hydrogen-bond acceptors (Lipinski definition) is 3. The van der Waals surface area contributed by atoms with E-state index in [1.807, 2.05) is 0 Å². The van der Waals surface area contributed by atoms with Gasteiger partial charge in [-0.3, -0.25) is 4.99 Å². The van der Waals surface area contributed by atoms with Crippen molar-refractivity contribution < 1.29 is 0 Å². The molecule has 0 aromatic rings. The Bertz CT molecular complexity index is 491. The van der Waals surface area contributed by atoms with E-state index in [1.165, 1.54) is 82.2 Å². The van der Waals surface area contributed by atoms with Gasteiger partial charge in [-0.2, -0.15) is 0 Å². The number of allylic oxidation sites excluding steroid dienone is 1. The first-order valence-corrected chi connectivity index (χ1v) is 10.1. The van der Waals surface area contributed by atoms with Crippen molar-refractivity contribution in [2.24, 2.45) is 16.8 Å². The van der Waals surface area contributed by atoms with E-state index in [2.05, 4.69) is 17.6 Å². The van der Waals surface area contributed by atoms with Crippen LogP contribution in [0.15, 0.2) is 16.3 Å². The van der Waals surface area contributed by atoms with Crippen molar-refractivity contribution in [3.05, 3.63) is 11.3 Å². The Hall–Kier alpha value is -0.830. The topological polar surface area (TPSA) is 36.4 Å². The quantitative estimate of drug-likeness (QED) is 0.820. The monoisotopic (exact) mass is 315 g/mol. The molecule has 1 saturated heterocycles. The lowest BCUT2D eigenvalue weighted by molar-refractivity contribution is 0.297. The van der Waals surface area contributed by atoms with Crippen LogP contribution in [-0.4, -0.2) is 24.5 Å². The summed E-state index contributed by atoms with van der Waals surface area (Å²) >= 11 is 0. The molecule has 1 spiro atoms. The molecule has 2 heterocycles. The van der Waals surface area contributed by atoms with E-state index in [9.17, 15) is 0 Å². The summed E-state index contributed by atoms with van der Waals surface area (Å²) in [6, 6.07) is 0. The third-order valence-corrected chi connectivity index (χ3v) is 6.66. The molecule has 2 atom stereocenters. The minimum atomic E-state index is 0.119. The van der Waals surface area contributed by atoms with Gasteiger partial charge in [0.15, 0.2) is 0 Å². The molecular formula is C20H33N3. The van der Waals surface area contributed by atoms with Crippen molar-refractivity contribution >= 4 is 5.84 Å². The van der Waals surface area contributed by atoms with Crippen molar-refractivity contribution in [2.75, 3.05) is 13.1 Å². The third-order valence-electron chi connectivity index (χ3n) is 6.66. The Kier molecular flexibility index (Phi) is 4.49. The van der Waals surface area contributed by atoms with Gasteiger partial charge < -0.3 is 10.6 Å². The maximum Gasteiger partial charge on any atom is 0.105 e. The number of aliphatic imine (C=N–C) groups is 1. The van der Waals surface area contributed by atoms with E-state index < -0.39 is 0 Å². The van der Waals surface area contributed by atoms with Gasteiger partial charge >= 0.3 is 0 Å². The second kappa shape index (κ2) is 6.58. The summed E-state index contributed by atoms with van der Waals surface area (Å²) in [5.41, 5.74) is 3.35. The molecule has 2 aliphatic carbocycles. The lowest BCUT2D eigenvalue weighted by Crippen LogP contribution is -2.43. The van der Waals surface area contributed by atoms with Crippen LogP contribution in [0.4, 0.5) is 0 Å². The molecular weight excluding hydrogens is 282 g/mol. The molecule has 3 heteroatoms. The Labute approximate surface area is 141 Å². The summed E-state index contributed by atoms with van der Waals surface area (Å²) in [5.74, 6) is 3.00. The van der Waals surface area contributed by atoms with Crippen LogP contribution in [-0.2, 0) is 0 Å². The predicted molar refractivity (Wildman–Crippen MR) is 96.6 cm³/mol. The minimum absolute atomic E-state index is 0.119. The predicted octanol–water partition coefficient (Wildman–Crippen LogP) is 4.15. The molecule has 3 fully saturated rings. The fourth-order valence-electron chi connectivity index (χ4n) is 5.19. The molecule has 4 aliphatic rings. The maximum absolute atomic E-state index is 5.39. The van der Waals surface area contributed by atoms with Crippen LogP contribution in [0.1, 0.15) is 77.6 Å². The van der Waals surface area contributed by atoms with E-state index in [0.29, 0.717) is 5.92 Å². The number of nitrogens with one attached hydrogen (secondary N) is 2. The van der Waals surface area contributed by atoms with Crippen molar-refractivity contribution in [3.63, 3.8) is 0 Å². The van der Waals surface area contributed by atoms with Gasteiger partial charge in [0.1, 0.15) is 11.4 Å². The number of amidine groups is 1. The number of hydrogen-bond donors (Lipinski definition) is 2. The molecule has 128 valence electrons. The van der Waals surface area contributed by atoms with Gasteiger partial charge in [0.25, 0.3) is 0 Å². The fourth-order valence-corrected chi connectivity index (χ4v) is 5.19. The largest absolute Gasteiger partial charge is 0.345 e. The first-order chi connectivity index (χ1) is 11.3. The van der Waals surface area contributed by atoms with E-state index >= 15 is 0 Å². The van der Waals surface area contributed by atoms with Crippen molar-refractivity contribution in [3.8, 4) is 0 Å². The van der Waals surface area contributed by atoms with Gasteiger partial charge in [-0.15, -0.1) is 0 Å². The molecule has 0 radical (unpaired) electrons. The summed E-state index contributed by atoms with van der Waals surface area (Å²) in [6.45, 7) is 4.58. The molecule has 0 aromatic heterocycles. The number of rotatable bonds is 3. The zero-order valence-corrected chi connectivity index (χ0v) is 14.8. The van der Waals surface area contributed by atoms with Gasteiger partial charge in [0.05, 0.1) is 0 Å². The summed E-state index contributed by atoms with van der Waals surface area (Å²) < 4.78 is 0. The highest BCUT2D eigenvalue weighted by Crippen LogP contribution is 2.43. The first kappa shape index (κ1) is 15.7.